The average molecular weight is 314 g/mol. The van der Waals surface area contributed by atoms with Gasteiger partial charge in [0.2, 0.25) is 5.91 Å². The van der Waals surface area contributed by atoms with E-state index in [-0.39, 0.29) is 11.9 Å². The Balaban J connectivity index is 2.22. The van der Waals surface area contributed by atoms with Crippen LogP contribution in [0.15, 0.2) is 22.7 Å². The first-order chi connectivity index (χ1) is 8.10. The Morgan fingerprint density at radius 2 is 2.29 bits per heavy atom. The molecule has 90 valence electrons. The molecule has 2 aromatic rings. The van der Waals surface area contributed by atoms with Gasteiger partial charge in [-0.15, -0.1) is 0 Å². The van der Waals surface area contributed by atoms with Crippen molar-refractivity contribution >= 4 is 48.5 Å². The number of carbonyl (C=O) groups is 1. The molecule has 0 aliphatic heterocycles. The number of amides is 1. The van der Waals surface area contributed by atoms with Crippen LogP contribution >= 0.6 is 27.3 Å². The summed E-state index contributed by atoms with van der Waals surface area (Å²) in [6.07, 6.45) is 0. The van der Waals surface area contributed by atoms with Crippen molar-refractivity contribution in [3.05, 3.63) is 22.7 Å². The van der Waals surface area contributed by atoms with Gasteiger partial charge in [0.25, 0.3) is 0 Å². The third-order valence-corrected chi connectivity index (χ3v) is 3.79. The number of hydrogen-bond acceptors (Lipinski definition) is 4. The topological polar surface area (TPSA) is 54.0 Å². The maximum Gasteiger partial charge on any atom is 0.242 e. The van der Waals surface area contributed by atoms with Crippen LogP contribution in [0.5, 0.6) is 0 Å². The minimum absolute atomic E-state index is 0.0505. The molecule has 17 heavy (non-hydrogen) atoms. The molecule has 0 saturated carbocycles. The van der Waals surface area contributed by atoms with Gasteiger partial charge in [-0.2, -0.15) is 0 Å². The van der Waals surface area contributed by atoms with Crippen LogP contribution in [-0.4, -0.2) is 24.0 Å². The van der Waals surface area contributed by atoms with Gasteiger partial charge in [-0.1, -0.05) is 27.3 Å². The highest BCUT2D eigenvalue weighted by atomic mass is 79.9. The zero-order valence-electron chi connectivity index (χ0n) is 9.45. The average Bonchev–Trinajstić information content (AvgIpc) is 2.69. The van der Waals surface area contributed by atoms with Gasteiger partial charge in [0.15, 0.2) is 5.13 Å². The second kappa shape index (κ2) is 5.01. The molecule has 1 aromatic carbocycles. The van der Waals surface area contributed by atoms with Crippen LogP contribution in [0, 0.1) is 0 Å². The predicted molar refractivity (Wildman–Crippen MR) is 74.5 cm³/mol. The SMILES string of the molecule is CNC(=O)C(C)Nc1nc2cc(Br)ccc2s1. The molecule has 0 aliphatic rings. The monoisotopic (exact) mass is 313 g/mol. The summed E-state index contributed by atoms with van der Waals surface area (Å²) in [5.41, 5.74) is 0.927. The molecule has 1 amide bonds. The van der Waals surface area contributed by atoms with E-state index in [1.165, 1.54) is 11.3 Å². The number of anilines is 1. The number of hydrogen-bond donors (Lipinski definition) is 2. The van der Waals surface area contributed by atoms with Crippen molar-refractivity contribution in [1.82, 2.24) is 10.3 Å². The second-order valence-electron chi connectivity index (χ2n) is 3.61. The molecule has 1 unspecified atom stereocenters. The highest BCUT2D eigenvalue weighted by Crippen LogP contribution is 2.28. The molecule has 1 aromatic heterocycles. The molecule has 0 radical (unpaired) electrons. The Morgan fingerprint density at radius 3 is 3.00 bits per heavy atom. The molecule has 0 aliphatic carbocycles. The summed E-state index contributed by atoms with van der Waals surface area (Å²) in [5.74, 6) is -0.0505. The van der Waals surface area contributed by atoms with Crippen LogP contribution in [0.4, 0.5) is 5.13 Å². The lowest BCUT2D eigenvalue weighted by Gasteiger charge is -2.10. The fourth-order valence-electron chi connectivity index (χ4n) is 1.43. The van der Waals surface area contributed by atoms with Gasteiger partial charge in [-0.25, -0.2) is 4.98 Å². The Kier molecular flexibility index (Phi) is 3.63. The van der Waals surface area contributed by atoms with Crippen molar-refractivity contribution < 1.29 is 4.79 Å². The number of likely N-dealkylation sites (N-methyl/N-ethyl adjacent to an activating group) is 1. The first-order valence-corrected chi connectivity index (χ1v) is 6.75. The summed E-state index contributed by atoms with van der Waals surface area (Å²) in [6, 6.07) is 5.66. The van der Waals surface area contributed by atoms with Crippen molar-refractivity contribution in [3.8, 4) is 0 Å². The van der Waals surface area contributed by atoms with E-state index in [1.54, 1.807) is 14.0 Å². The summed E-state index contributed by atoms with van der Waals surface area (Å²) in [5, 5.41) is 6.44. The normalized spacial score (nSPS) is 12.4. The van der Waals surface area contributed by atoms with E-state index in [9.17, 15) is 4.79 Å². The minimum atomic E-state index is -0.288. The van der Waals surface area contributed by atoms with Crippen LogP contribution in [0.25, 0.3) is 10.2 Å². The predicted octanol–water partition coefficient (Wildman–Crippen LogP) is 2.61. The third kappa shape index (κ3) is 2.76. The van der Waals surface area contributed by atoms with Gasteiger partial charge in [-0.3, -0.25) is 4.79 Å². The third-order valence-electron chi connectivity index (χ3n) is 2.33. The van der Waals surface area contributed by atoms with Gasteiger partial charge in [0.05, 0.1) is 10.2 Å². The van der Waals surface area contributed by atoms with Crippen LogP contribution < -0.4 is 10.6 Å². The molecule has 4 nitrogen and oxygen atoms in total. The number of aromatic nitrogens is 1. The Bertz CT molecular complexity index is 555. The number of benzene rings is 1. The molecule has 1 heterocycles. The molecular weight excluding hydrogens is 302 g/mol. The van der Waals surface area contributed by atoms with Gasteiger partial charge in [0.1, 0.15) is 6.04 Å². The summed E-state index contributed by atoms with van der Waals surface area (Å²) in [7, 11) is 1.62. The van der Waals surface area contributed by atoms with Crippen molar-refractivity contribution in [2.24, 2.45) is 0 Å². The molecule has 2 N–H and O–H groups in total. The first kappa shape index (κ1) is 12.3. The summed E-state index contributed by atoms with van der Waals surface area (Å²) >= 11 is 4.95. The van der Waals surface area contributed by atoms with E-state index < -0.39 is 0 Å². The molecule has 0 fully saturated rings. The number of nitrogens with zero attached hydrogens (tertiary/aromatic N) is 1. The Hall–Kier alpha value is -1.14. The maximum atomic E-state index is 11.4. The van der Waals surface area contributed by atoms with Crippen LogP contribution in [0.3, 0.4) is 0 Å². The van der Waals surface area contributed by atoms with E-state index in [0.717, 1.165) is 19.8 Å². The fourth-order valence-corrected chi connectivity index (χ4v) is 2.71. The number of fused-ring (bicyclic) bond motifs is 1. The second-order valence-corrected chi connectivity index (χ2v) is 5.56. The highest BCUT2D eigenvalue weighted by Gasteiger charge is 2.12. The lowest BCUT2D eigenvalue weighted by atomic mass is 10.3. The largest absolute Gasteiger partial charge is 0.357 e. The lowest BCUT2D eigenvalue weighted by Crippen LogP contribution is -2.35. The zero-order valence-corrected chi connectivity index (χ0v) is 11.9. The van der Waals surface area contributed by atoms with E-state index in [2.05, 4.69) is 31.5 Å². The lowest BCUT2D eigenvalue weighted by molar-refractivity contribution is -0.121. The number of thiazole rings is 1. The molecule has 1 atom stereocenters. The minimum Gasteiger partial charge on any atom is -0.357 e. The van der Waals surface area contributed by atoms with Gasteiger partial charge in [0, 0.05) is 11.5 Å². The summed E-state index contributed by atoms with van der Waals surface area (Å²) < 4.78 is 2.10. The fraction of sp³-hybridized carbons (Fsp3) is 0.273. The van der Waals surface area contributed by atoms with Gasteiger partial charge in [-0.05, 0) is 25.1 Å². The molecule has 0 saturated heterocycles. The molecule has 6 heteroatoms. The van der Waals surface area contributed by atoms with E-state index in [0.29, 0.717) is 0 Å². The van der Waals surface area contributed by atoms with Crippen molar-refractivity contribution in [1.29, 1.82) is 0 Å². The van der Waals surface area contributed by atoms with Gasteiger partial charge < -0.3 is 10.6 Å². The summed E-state index contributed by atoms with van der Waals surface area (Å²) in [4.78, 5) is 15.8. The molecule has 2 rings (SSSR count). The van der Waals surface area contributed by atoms with E-state index in [4.69, 9.17) is 0 Å². The molecule has 0 spiro atoms. The molecular formula is C11H12BrN3OS. The Labute approximate surface area is 112 Å². The van der Waals surface area contributed by atoms with Crippen molar-refractivity contribution in [3.63, 3.8) is 0 Å². The van der Waals surface area contributed by atoms with Crippen molar-refractivity contribution in [2.45, 2.75) is 13.0 Å². The summed E-state index contributed by atoms with van der Waals surface area (Å²) in [6.45, 7) is 1.81. The first-order valence-electron chi connectivity index (χ1n) is 5.14. The smallest absolute Gasteiger partial charge is 0.242 e. The number of rotatable bonds is 3. The van der Waals surface area contributed by atoms with Gasteiger partial charge >= 0.3 is 0 Å². The van der Waals surface area contributed by atoms with Crippen LogP contribution in [-0.2, 0) is 4.79 Å². The standard InChI is InChI=1S/C11H12BrN3OS/c1-6(10(16)13-2)14-11-15-8-5-7(12)3-4-9(8)17-11/h3-6H,1-2H3,(H,13,16)(H,14,15). The van der Waals surface area contributed by atoms with E-state index in [1.807, 2.05) is 18.2 Å². The van der Waals surface area contributed by atoms with Crippen LogP contribution in [0.1, 0.15) is 6.92 Å². The van der Waals surface area contributed by atoms with Crippen LogP contribution in [0.2, 0.25) is 0 Å². The Morgan fingerprint density at radius 1 is 1.53 bits per heavy atom. The van der Waals surface area contributed by atoms with Crippen molar-refractivity contribution in [2.75, 3.05) is 12.4 Å². The number of nitrogens with one attached hydrogen (secondary N) is 2. The quantitative estimate of drug-likeness (QED) is 0.916. The zero-order chi connectivity index (χ0) is 12.4. The maximum absolute atomic E-state index is 11.4. The van der Waals surface area contributed by atoms with E-state index >= 15 is 0 Å². The number of halogens is 1. The molecule has 0 bridgehead atoms. The highest BCUT2D eigenvalue weighted by molar-refractivity contribution is 9.10. The number of carbonyl (C=O) groups excluding carboxylic acids is 1.